The van der Waals surface area contributed by atoms with Crippen LogP contribution in [0.15, 0.2) is 84.1 Å². The van der Waals surface area contributed by atoms with Crippen molar-refractivity contribution < 1.29 is 9.18 Å². The Morgan fingerprint density at radius 1 is 1.03 bits per heavy atom. The van der Waals surface area contributed by atoms with E-state index < -0.39 is 5.92 Å². The third kappa shape index (κ3) is 3.53. The van der Waals surface area contributed by atoms with Gasteiger partial charge >= 0.3 is 0 Å². The highest BCUT2D eigenvalue weighted by molar-refractivity contribution is 6.24. The van der Waals surface area contributed by atoms with E-state index in [1.807, 2.05) is 61.5 Å². The molecule has 0 spiro atoms. The SMILES string of the molecule is Cc1[nH]cnc1-c1ccc(N=C(c2ccccc2)C2C(=O)Nc3cc(F)ccc32)cc1. The van der Waals surface area contributed by atoms with Gasteiger partial charge in [-0.15, -0.1) is 0 Å². The fraction of sp³-hybridized carbons (Fsp3) is 0.0800. The number of aromatic amines is 1. The van der Waals surface area contributed by atoms with Crippen molar-refractivity contribution in [1.82, 2.24) is 9.97 Å². The molecule has 4 aromatic rings. The van der Waals surface area contributed by atoms with Crippen molar-refractivity contribution in [3.8, 4) is 11.3 Å². The van der Waals surface area contributed by atoms with Crippen molar-refractivity contribution in [1.29, 1.82) is 0 Å². The Hall–Kier alpha value is -4.06. The largest absolute Gasteiger partial charge is 0.348 e. The van der Waals surface area contributed by atoms with Crippen molar-refractivity contribution >= 4 is 23.0 Å². The number of hydrogen-bond donors (Lipinski definition) is 2. The predicted octanol–water partition coefficient (Wildman–Crippen LogP) is 5.38. The molecule has 1 aromatic heterocycles. The number of imidazole rings is 1. The number of aryl methyl sites for hydroxylation is 1. The van der Waals surface area contributed by atoms with Crippen molar-refractivity contribution in [3.05, 3.63) is 102 Å². The Bertz CT molecular complexity index is 1290. The van der Waals surface area contributed by atoms with Crippen molar-refractivity contribution in [2.45, 2.75) is 12.8 Å². The zero-order valence-electron chi connectivity index (χ0n) is 16.8. The maximum Gasteiger partial charge on any atom is 0.238 e. The van der Waals surface area contributed by atoms with Gasteiger partial charge in [0.2, 0.25) is 5.91 Å². The molecule has 0 aliphatic carbocycles. The molecule has 1 atom stereocenters. The fourth-order valence-corrected chi connectivity index (χ4v) is 3.89. The Kier molecular flexibility index (Phi) is 4.67. The molecule has 152 valence electrons. The van der Waals surface area contributed by atoms with Crippen LogP contribution < -0.4 is 5.32 Å². The van der Waals surface area contributed by atoms with Gasteiger partial charge in [-0.2, -0.15) is 0 Å². The zero-order chi connectivity index (χ0) is 21.4. The molecule has 0 saturated heterocycles. The number of amides is 1. The van der Waals surface area contributed by atoms with E-state index in [9.17, 15) is 9.18 Å². The van der Waals surface area contributed by atoms with E-state index in [1.165, 1.54) is 12.1 Å². The molecule has 0 fully saturated rings. The number of anilines is 1. The lowest BCUT2D eigenvalue weighted by atomic mass is 9.90. The van der Waals surface area contributed by atoms with Crippen LogP contribution in [0.25, 0.3) is 11.3 Å². The highest BCUT2D eigenvalue weighted by atomic mass is 19.1. The lowest BCUT2D eigenvalue weighted by Crippen LogP contribution is -2.21. The second-order valence-corrected chi connectivity index (χ2v) is 7.44. The summed E-state index contributed by atoms with van der Waals surface area (Å²) in [4.78, 5) is 25.2. The first kappa shape index (κ1) is 18.9. The van der Waals surface area contributed by atoms with Gasteiger partial charge in [-0.05, 0) is 42.3 Å². The summed E-state index contributed by atoms with van der Waals surface area (Å²) in [6.45, 7) is 1.97. The summed E-state index contributed by atoms with van der Waals surface area (Å²) in [5, 5.41) is 2.79. The van der Waals surface area contributed by atoms with Gasteiger partial charge in [-0.25, -0.2) is 9.37 Å². The Balaban J connectivity index is 1.59. The minimum atomic E-state index is -0.619. The first-order valence-corrected chi connectivity index (χ1v) is 9.95. The van der Waals surface area contributed by atoms with Crippen LogP contribution in [0.2, 0.25) is 0 Å². The molecule has 0 saturated carbocycles. The second kappa shape index (κ2) is 7.65. The molecule has 2 N–H and O–H groups in total. The third-order valence-corrected chi connectivity index (χ3v) is 5.41. The average Bonchev–Trinajstić information content (AvgIpc) is 3.35. The van der Waals surface area contributed by atoms with Crippen LogP contribution in [0.3, 0.4) is 0 Å². The number of carbonyl (C=O) groups excluding carboxylic acids is 1. The third-order valence-electron chi connectivity index (χ3n) is 5.41. The number of rotatable bonds is 4. The molecule has 1 aliphatic rings. The Morgan fingerprint density at radius 2 is 1.81 bits per heavy atom. The number of hydrogen-bond acceptors (Lipinski definition) is 3. The van der Waals surface area contributed by atoms with Crippen LogP contribution in [0, 0.1) is 12.7 Å². The molecular formula is C25H19FN4O. The summed E-state index contributed by atoms with van der Waals surface area (Å²) >= 11 is 0. The Labute approximate surface area is 178 Å². The van der Waals surface area contributed by atoms with Crippen molar-refractivity contribution in [3.63, 3.8) is 0 Å². The number of carbonyl (C=O) groups is 1. The summed E-state index contributed by atoms with van der Waals surface area (Å²) in [6.07, 6.45) is 1.67. The topological polar surface area (TPSA) is 70.1 Å². The van der Waals surface area contributed by atoms with E-state index in [4.69, 9.17) is 4.99 Å². The monoisotopic (exact) mass is 410 g/mol. The molecule has 5 rings (SSSR count). The molecule has 1 amide bonds. The van der Waals surface area contributed by atoms with Crippen LogP contribution >= 0.6 is 0 Å². The standard InChI is InChI=1S/C25H19FN4O/c1-15-23(28-14-27-15)17-7-10-19(11-8-17)29-24(16-5-3-2-4-6-16)22-20-12-9-18(26)13-21(20)30-25(22)31/h2-14,22H,1H3,(H,27,28)(H,30,31). The highest BCUT2D eigenvalue weighted by Gasteiger charge is 2.35. The number of halogens is 1. The first-order valence-electron chi connectivity index (χ1n) is 9.95. The van der Waals surface area contributed by atoms with E-state index in [0.717, 1.165) is 33.8 Å². The molecule has 0 bridgehead atoms. The second-order valence-electron chi connectivity index (χ2n) is 7.44. The number of nitrogens with zero attached hydrogens (tertiary/aromatic N) is 2. The van der Waals surface area contributed by atoms with Crippen LogP contribution in [-0.4, -0.2) is 21.6 Å². The number of aliphatic imine (C=N–C) groups is 1. The molecule has 1 aliphatic heterocycles. The number of nitrogens with one attached hydrogen (secondary N) is 2. The summed E-state index contributed by atoms with van der Waals surface area (Å²) in [7, 11) is 0. The van der Waals surface area contributed by atoms with E-state index in [2.05, 4.69) is 15.3 Å². The summed E-state index contributed by atoms with van der Waals surface area (Å²) in [5.41, 5.74) is 6.26. The first-order chi connectivity index (χ1) is 15.1. The van der Waals surface area contributed by atoms with E-state index >= 15 is 0 Å². The Morgan fingerprint density at radius 3 is 2.52 bits per heavy atom. The molecular weight excluding hydrogens is 391 g/mol. The maximum atomic E-state index is 13.7. The quantitative estimate of drug-likeness (QED) is 0.444. The molecule has 5 nitrogen and oxygen atoms in total. The lowest BCUT2D eigenvalue weighted by molar-refractivity contribution is -0.115. The molecule has 3 aromatic carbocycles. The van der Waals surface area contributed by atoms with Crippen LogP contribution in [0.4, 0.5) is 15.8 Å². The van der Waals surface area contributed by atoms with Gasteiger partial charge in [0.15, 0.2) is 0 Å². The van der Waals surface area contributed by atoms with E-state index in [0.29, 0.717) is 11.4 Å². The number of benzene rings is 3. The van der Waals surface area contributed by atoms with Gasteiger partial charge in [0, 0.05) is 16.9 Å². The number of fused-ring (bicyclic) bond motifs is 1. The average molecular weight is 410 g/mol. The minimum Gasteiger partial charge on any atom is -0.348 e. The lowest BCUT2D eigenvalue weighted by Gasteiger charge is -2.14. The van der Waals surface area contributed by atoms with E-state index in [1.54, 1.807) is 12.4 Å². The smallest absolute Gasteiger partial charge is 0.238 e. The minimum absolute atomic E-state index is 0.216. The molecule has 6 heteroatoms. The molecule has 0 radical (unpaired) electrons. The van der Waals surface area contributed by atoms with Gasteiger partial charge < -0.3 is 10.3 Å². The van der Waals surface area contributed by atoms with Crippen LogP contribution in [-0.2, 0) is 4.79 Å². The van der Waals surface area contributed by atoms with Crippen LogP contribution in [0.5, 0.6) is 0 Å². The van der Waals surface area contributed by atoms with Crippen molar-refractivity contribution in [2.75, 3.05) is 5.32 Å². The van der Waals surface area contributed by atoms with Gasteiger partial charge in [0.05, 0.1) is 23.4 Å². The summed E-state index contributed by atoms with van der Waals surface area (Å²) in [5.74, 6) is -1.22. The number of H-pyrrole nitrogens is 1. The van der Waals surface area contributed by atoms with Gasteiger partial charge in [-0.3, -0.25) is 9.79 Å². The van der Waals surface area contributed by atoms with Crippen LogP contribution in [0.1, 0.15) is 22.7 Å². The normalized spacial score (nSPS) is 15.6. The zero-order valence-corrected chi connectivity index (χ0v) is 16.8. The van der Waals surface area contributed by atoms with E-state index in [-0.39, 0.29) is 11.7 Å². The predicted molar refractivity (Wildman–Crippen MR) is 119 cm³/mol. The molecule has 31 heavy (non-hydrogen) atoms. The van der Waals surface area contributed by atoms with Gasteiger partial charge in [0.25, 0.3) is 0 Å². The van der Waals surface area contributed by atoms with Crippen molar-refractivity contribution in [2.24, 2.45) is 4.99 Å². The maximum absolute atomic E-state index is 13.7. The summed E-state index contributed by atoms with van der Waals surface area (Å²) in [6, 6.07) is 21.7. The molecule has 2 heterocycles. The van der Waals surface area contributed by atoms with Gasteiger partial charge in [0.1, 0.15) is 11.7 Å². The highest BCUT2D eigenvalue weighted by Crippen LogP contribution is 2.36. The number of aromatic nitrogens is 2. The summed E-state index contributed by atoms with van der Waals surface area (Å²) < 4.78 is 13.7. The fourth-order valence-electron chi connectivity index (χ4n) is 3.89. The van der Waals surface area contributed by atoms with Gasteiger partial charge in [-0.1, -0.05) is 48.5 Å². The molecule has 1 unspecified atom stereocenters.